The number of piperidine rings is 1. The highest BCUT2D eigenvalue weighted by molar-refractivity contribution is 5.86. The van der Waals surface area contributed by atoms with E-state index in [0.29, 0.717) is 18.9 Å². The summed E-state index contributed by atoms with van der Waals surface area (Å²) in [6.07, 6.45) is 2.65. The Kier molecular flexibility index (Phi) is 4.08. The average molecular weight is 320 g/mol. The van der Waals surface area contributed by atoms with E-state index in [0.717, 1.165) is 25.8 Å². The van der Waals surface area contributed by atoms with E-state index in [1.54, 1.807) is 11.8 Å². The van der Waals surface area contributed by atoms with Crippen molar-refractivity contribution in [3.05, 3.63) is 5.82 Å². The monoisotopic (exact) mass is 320 g/mol. The van der Waals surface area contributed by atoms with Crippen molar-refractivity contribution in [2.75, 3.05) is 19.6 Å². The quantitative estimate of drug-likeness (QED) is 0.796. The van der Waals surface area contributed by atoms with Crippen molar-refractivity contribution in [2.45, 2.75) is 52.6 Å². The number of tetrazole rings is 1. The molecule has 2 fully saturated rings. The van der Waals surface area contributed by atoms with Crippen molar-refractivity contribution in [3.63, 3.8) is 0 Å². The van der Waals surface area contributed by atoms with E-state index < -0.39 is 0 Å². The summed E-state index contributed by atoms with van der Waals surface area (Å²) in [4.78, 5) is 29.1. The van der Waals surface area contributed by atoms with Crippen LogP contribution in [0.5, 0.6) is 0 Å². The van der Waals surface area contributed by atoms with Crippen LogP contribution in [-0.2, 0) is 16.1 Å². The van der Waals surface area contributed by atoms with Gasteiger partial charge in [0.2, 0.25) is 11.8 Å². The lowest BCUT2D eigenvalue weighted by molar-refractivity contribution is -0.148. The predicted molar refractivity (Wildman–Crippen MR) is 82.3 cm³/mol. The smallest absolute Gasteiger partial charge is 0.244 e. The Hall–Kier alpha value is -1.99. The fourth-order valence-electron chi connectivity index (χ4n) is 3.68. The summed E-state index contributed by atoms with van der Waals surface area (Å²) in [6.45, 7) is 7.99. The molecule has 0 N–H and O–H groups in total. The molecule has 2 aliphatic heterocycles. The van der Waals surface area contributed by atoms with Crippen LogP contribution < -0.4 is 0 Å². The largest absolute Gasteiger partial charge is 0.340 e. The van der Waals surface area contributed by atoms with E-state index in [4.69, 9.17) is 0 Å². The third kappa shape index (κ3) is 2.82. The van der Waals surface area contributed by atoms with E-state index >= 15 is 0 Å². The van der Waals surface area contributed by atoms with Gasteiger partial charge < -0.3 is 9.80 Å². The summed E-state index contributed by atoms with van der Waals surface area (Å²) >= 11 is 0. The molecule has 0 aliphatic carbocycles. The zero-order valence-electron chi connectivity index (χ0n) is 14.0. The van der Waals surface area contributed by atoms with Gasteiger partial charge in [-0.2, -0.15) is 0 Å². The summed E-state index contributed by atoms with van der Waals surface area (Å²) in [6, 6.07) is 0.216. The fourth-order valence-corrected chi connectivity index (χ4v) is 3.68. The van der Waals surface area contributed by atoms with Gasteiger partial charge >= 0.3 is 0 Å². The molecule has 2 amide bonds. The number of carbonyl (C=O) groups is 2. The molecule has 2 saturated heterocycles. The topological polar surface area (TPSA) is 84.2 Å². The number of amides is 2. The Morgan fingerprint density at radius 1 is 1.30 bits per heavy atom. The number of carbonyl (C=O) groups excluding carboxylic acids is 2. The first kappa shape index (κ1) is 15.9. The van der Waals surface area contributed by atoms with Crippen molar-refractivity contribution in [1.29, 1.82) is 0 Å². The highest BCUT2D eigenvalue weighted by Crippen LogP contribution is 2.40. The Bertz CT molecular complexity index is 613. The number of likely N-dealkylation sites (tertiary alicyclic amines) is 2. The molecule has 1 unspecified atom stereocenters. The Morgan fingerprint density at radius 2 is 2.09 bits per heavy atom. The second-order valence-electron chi connectivity index (χ2n) is 6.93. The lowest BCUT2D eigenvalue weighted by atomic mass is 9.78. The van der Waals surface area contributed by atoms with E-state index in [1.807, 2.05) is 4.90 Å². The summed E-state index contributed by atoms with van der Waals surface area (Å²) in [5.74, 6) is 0.811. The van der Waals surface area contributed by atoms with Crippen molar-refractivity contribution in [2.24, 2.45) is 5.41 Å². The van der Waals surface area contributed by atoms with Gasteiger partial charge in [-0.3, -0.25) is 9.59 Å². The maximum atomic E-state index is 12.9. The molecule has 1 aromatic heterocycles. The standard InChI is InChI=1S/C15H24N6O2/c1-11(2)20-7-4-5-15(14(20)23)6-8-19(10-15)13(22)9-21-12(3)16-17-18-21/h11H,4-10H2,1-3H3. The third-order valence-corrected chi connectivity index (χ3v) is 5.09. The molecule has 8 nitrogen and oxygen atoms in total. The van der Waals surface area contributed by atoms with Gasteiger partial charge in [-0.15, -0.1) is 5.10 Å². The number of hydrogen-bond acceptors (Lipinski definition) is 5. The maximum Gasteiger partial charge on any atom is 0.244 e. The van der Waals surface area contributed by atoms with Gasteiger partial charge in [0.25, 0.3) is 0 Å². The number of aromatic nitrogens is 4. The van der Waals surface area contributed by atoms with Crippen LogP contribution in [0.1, 0.15) is 38.9 Å². The van der Waals surface area contributed by atoms with Gasteiger partial charge in [-0.1, -0.05) is 0 Å². The Morgan fingerprint density at radius 3 is 2.74 bits per heavy atom. The summed E-state index contributed by atoms with van der Waals surface area (Å²) in [7, 11) is 0. The van der Waals surface area contributed by atoms with Crippen LogP contribution >= 0.6 is 0 Å². The zero-order valence-corrected chi connectivity index (χ0v) is 14.0. The normalized spacial score (nSPS) is 25.0. The van der Waals surface area contributed by atoms with E-state index in [9.17, 15) is 9.59 Å². The summed E-state index contributed by atoms with van der Waals surface area (Å²) in [5, 5.41) is 11.2. The van der Waals surface area contributed by atoms with Crippen LogP contribution in [0.4, 0.5) is 0 Å². The van der Waals surface area contributed by atoms with Crippen molar-refractivity contribution < 1.29 is 9.59 Å². The van der Waals surface area contributed by atoms with Crippen LogP contribution in [0.2, 0.25) is 0 Å². The first-order valence-electron chi connectivity index (χ1n) is 8.24. The molecule has 1 aromatic rings. The van der Waals surface area contributed by atoms with Gasteiger partial charge in [0.15, 0.2) is 0 Å². The van der Waals surface area contributed by atoms with Crippen molar-refractivity contribution >= 4 is 11.8 Å². The number of nitrogens with zero attached hydrogens (tertiary/aromatic N) is 6. The molecule has 0 bridgehead atoms. The van der Waals surface area contributed by atoms with E-state index in [2.05, 4.69) is 29.4 Å². The van der Waals surface area contributed by atoms with E-state index in [-0.39, 0.29) is 29.8 Å². The van der Waals surface area contributed by atoms with Gasteiger partial charge in [0.05, 0.1) is 5.41 Å². The molecule has 1 spiro atoms. The van der Waals surface area contributed by atoms with Gasteiger partial charge in [0.1, 0.15) is 12.4 Å². The molecule has 3 heterocycles. The first-order valence-corrected chi connectivity index (χ1v) is 8.24. The highest BCUT2D eigenvalue weighted by atomic mass is 16.2. The minimum atomic E-state index is -0.381. The Labute approximate surface area is 135 Å². The molecule has 1 atom stereocenters. The fraction of sp³-hybridized carbons (Fsp3) is 0.800. The molecule has 126 valence electrons. The van der Waals surface area contributed by atoms with Crippen LogP contribution in [0.3, 0.4) is 0 Å². The Balaban J connectivity index is 1.69. The number of hydrogen-bond donors (Lipinski definition) is 0. The van der Waals surface area contributed by atoms with Crippen LogP contribution in [-0.4, -0.2) is 67.5 Å². The van der Waals surface area contributed by atoms with Crippen LogP contribution in [0.25, 0.3) is 0 Å². The lowest BCUT2D eigenvalue weighted by Gasteiger charge is -2.41. The summed E-state index contributed by atoms with van der Waals surface area (Å²) in [5.41, 5.74) is -0.381. The molecule has 23 heavy (non-hydrogen) atoms. The molecule has 3 rings (SSSR count). The molecule has 8 heteroatoms. The van der Waals surface area contributed by atoms with Gasteiger partial charge in [-0.25, -0.2) is 4.68 Å². The molecule has 0 radical (unpaired) electrons. The number of rotatable bonds is 3. The minimum Gasteiger partial charge on any atom is -0.340 e. The average Bonchev–Trinajstić information content (AvgIpc) is 3.10. The zero-order chi connectivity index (χ0) is 16.6. The van der Waals surface area contributed by atoms with E-state index in [1.165, 1.54) is 4.68 Å². The van der Waals surface area contributed by atoms with Gasteiger partial charge in [0, 0.05) is 25.7 Å². The first-order chi connectivity index (χ1) is 10.9. The minimum absolute atomic E-state index is 0.0215. The lowest BCUT2D eigenvalue weighted by Crippen LogP contribution is -2.52. The van der Waals surface area contributed by atoms with Crippen molar-refractivity contribution in [3.8, 4) is 0 Å². The maximum absolute atomic E-state index is 12.9. The second-order valence-corrected chi connectivity index (χ2v) is 6.93. The van der Waals surface area contributed by atoms with Crippen molar-refractivity contribution in [1.82, 2.24) is 30.0 Å². The second kappa shape index (κ2) is 5.90. The number of aryl methyl sites for hydroxylation is 1. The molecular formula is C15H24N6O2. The third-order valence-electron chi connectivity index (χ3n) is 5.09. The predicted octanol–water partition coefficient (Wildman–Crippen LogP) is 0.231. The van der Waals surface area contributed by atoms with Gasteiger partial charge in [-0.05, 0) is 50.5 Å². The summed E-state index contributed by atoms with van der Waals surface area (Å²) < 4.78 is 1.50. The SMILES string of the molecule is Cc1nnnn1CC(=O)N1CCC2(CCCN(C(C)C)C2=O)C1. The molecular weight excluding hydrogens is 296 g/mol. The van der Waals surface area contributed by atoms with Crippen LogP contribution in [0.15, 0.2) is 0 Å². The highest BCUT2D eigenvalue weighted by Gasteiger charge is 2.49. The molecule has 0 aromatic carbocycles. The molecule has 2 aliphatic rings. The molecule has 0 saturated carbocycles. The van der Waals surface area contributed by atoms with Crippen LogP contribution in [0, 0.1) is 12.3 Å².